The Morgan fingerprint density at radius 3 is 2.58 bits per heavy atom. The van der Waals surface area contributed by atoms with Crippen LogP contribution in [0, 0.1) is 0 Å². The monoisotopic (exact) mass is 574 g/mol. The normalized spacial score (nSPS) is 18.7. The predicted molar refractivity (Wildman–Crippen MR) is 145 cm³/mol. The van der Waals surface area contributed by atoms with Crippen molar-refractivity contribution in [2.45, 2.75) is 29.8 Å². The number of benzene rings is 2. The molecule has 38 heavy (non-hydrogen) atoms. The second kappa shape index (κ2) is 10.9. The zero-order valence-electron chi connectivity index (χ0n) is 20.1. The largest absolute Gasteiger partial charge is 0.486 e. The van der Waals surface area contributed by atoms with Crippen LogP contribution in [0.15, 0.2) is 65.7 Å². The van der Waals surface area contributed by atoms with Gasteiger partial charge in [-0.05, 0) is 60.0 Å². The SMILES string of the molecule is O=C(O)CN(c1ccc2c(c1)C=CC(c1ccc(O[C@H]3CCOC3)cn1)C2)S(=O)(=O)c1cc(Cl)cc(Cl)c1. The molecule has 0 radical (unpaired) electrons. The van der Waals surface area contributed by atoms with E-state index in [1.54, 1.807) is 18.3 Å². The van der Waals surface area contributed by atoms with E-state index in [-0.39, 0.29) is 32.7 Å². The minimum Gasteiger partial charge on any atom is -0.486 e. The third-order valence-electron chi connectivity index (χ3n) is 6.40. The highest BCUT2D eigenvalue weighted by atomic mass is 35.5. The number of allylic oxidation sites excluding steroid dienone is 1. The molecular weight excluding hydrogens is 551 g/mol. The number of aromatic nitrogens is 1. The zero-order valence-corrected chi connectivity index (χ0v) is 22.4. The van der Waals surface area contributed by atoms with Crippen LogP contribution >= 0.6 is 23.2 Å². The van der Waals surface area contributed by atoms with E-state index >= 15 is 0 Å². The van der Waals surface area contributed by atoms with E-state index in [1.165, 1.54) is 18.2 Å². The van der Waals surface area contributed by atoms with Gasteiger partial charge in [0, 0.05) is 28.1 Å². The molecule has 2 heterocycles. The Morgan fingerprint density at radius 2 is 1.92 bits per heavy atom. The summed E-state index contributed by atoms with van der Waals surface area (Å²) >= 11 is 12.0. The number of hydrogen-bond acceptors (Lipinski definition) is 6. The highest BCUT2D eigenvalue weighted by Gasteiger charge is 2.29. The van der Waals surface area contributed by atoms with Crippen LogP contribution < -0.4 is 9.04 Å². The van der Waals surface area contributed by atoms with Crippen molar-refractivity contribution in [3.05, 3.63) is 87.7 Å². The highest BCUT2D eigenvalue weighted by molar-refractivity contribution is 7.92. The Bertz CT molecular complexity index is 1470. The molecule has 2 aromatic carbocycles. The second-order valence-corrected chi connectivity index (χ2v) is 11.8. The second-order valence-electron chi connectivity index (χ2n) is 9.09. The van der Waals surface area contributed by atoms with Gasteiger partial charge >= 0.3 is 5.97 Å². The van der Waals surface area contributed by atoms with Crippen LogP contribution in [0.1, 0.15) is 29.2 Å². The Labute approximate surface area is 230 Å². The first-order valence-electron chi connectivity index (χ1n) is 11.9. The average molecular weight is 575 g/mol. The smallest absolute Gasteiger partial charge is 0.324 e. The number of fused-ring (bicyclic) bond motifs is 1. The Morgan fingerprint density at radius 1 is 1.13 bits per heavy atom. The summed E-state index contributed by atoms with van der Waals surface area (Å²) in [5.41, 5.74) is 2.90. The maximum Gasteiger partial charge on any atom is 0.324 e. The van der Waals surface area contributed by atoms with E-state index in [4.69, 9.17) is 32.7 Å². The van der Waals surface area contributed by atoms with Gasteiger partial charge in [-0.1, -0.05) is 41.4 Å². The van der Waals surface area contributed by atoms with Gasteiger partial charge in [-0.3, -0.25) is 14.1 Å². The molecule has 3 aromatic rings. The van der Waals surface area contributed by atoms with Gasteiger partial charge in [0.2, 0.25) is 0 Å². The van der Waals surface area contributed by atoms with Gasteiger partial charge in [0.05, 0.1) is 30.0 Å². The molecule has 5 rings (SSSR count). The van der Waals surface area contributed by atoms with Gasteiger partial charge in [0.15, 0.2) is 0 Å². The van der Waals surface area contributed by atoms with Crippen molar-refractivity contribution >= 4 is 51.0 Å². The number of pyridine rings is 1. The molecule has 1 saturated heterocycles. The first-order valence-corrected chi connectivity index (χ1v) is 14.1. The molecule has 2 atom stereocenters. The number of sulfonamides is 1. The minimum atomic E-state index is -4.26. The lowest BCUT2D eigenvalue weighted by atomic mass is 9.87. The van der Waals surface area contributed by atoms with Crippen molar-refractivity contribution in [3.8, 4) is 5.75 Å². The molecule has 1 unspecified atom stereocenters. The van der Waals surface area contributed by atoms with Crippen LogP contribution in [0.2, 0.25) is 10.0 Å². The summed E-state index contributed by atoms with van der Waals surface area (Å²) in [4.78, 5) is 16.0. The van der Waals surface area contributed by atoms with Gasteiger partial charge in [0.1, 0.15) is 18.4 Å². The Kier molecular flexibility index (Phi) is 7.63. The quantitative estimate of drug-likeness (QED) is 0.394. The standard InChI is InChI=1S/C27H24Cl2N2O6S/c28-20-11-21(29)13-25(12-20)38(34,35)31(15-27(32)33)22-4-3-17-9-19(2-1-18(17)10-22)26-6-5-23(14-30-26)37-24-7-8-36-16-24/h1-6,10-14,19,24H,7-9,15-16H2,(H,32,33)/t19?,24-/m0/s1. The average Bonchev–Trinajstić information content (AvgIpc) is 3.39. The number of anilines is 1. The molecule has 0 saturated carbocycles. The molecule has 11 heteroatoms. The summed E-state index contributed by atoms with van der Waals surface area (Å²) < 4.78 is 38.9. The highest BCUT2D eigenvalue weighted by Crippen LogP contribution is 2.34. The maximum atomic E-state index is 13.4. The van der Waals surface area contributed by atoms with Gasteiger partial charge in [-0.15, -0.1) is 0 Å². The fraction of sp³-hybridized carbons (Fsp3) is 0.259. The number of carboxylic acids is 1. The summed E-state index contributed by atoms with van der Waals surface area (Å²) in [6.07, 6.45) is 7.20. The van der Waals surface area contributed by atoms with E-state index < -0.39 is 22.5 Å². The molecule has 1 N–H and O–H groups in total. The number of halogens is 2. The van der Waals surface area contributed by atoms with Crippen LogP contribution in [-0.2, 0) is 26.0 Å². The summed E-state index contributed by atoms with van der Waals surface area (Å²) in [5, 5.41) is 9.73. The first kappa shape index (κ1) is 26.5. The first-order chi connectivity index (χ1) is 18.2. The van der Waals surface area contributed by atoms with Crippen molar-refractivity contribution in [2.75, 3.05) is 24.1 Å². The van der Waals surface area contributed by atoms with E-state index in [9.17, 15) is 18.3 Å². The fourth-order valence-corrected chi connectivity index (χ4v) is 6.66. The van der Waals surface area contributed by atoms with E-state index in [2.05, 4.69) is 4.98 Å². The van der Waals surface area contributed by atoms with E-state index in [0.717, 1.165) is 27.5 Å². The van der Waals surface area contributed by atoms with E-state index in [1.807, 2.05) is 30.4 Å². The number of aliphatic carboxylic acids is 1. The third kappa shape index (κ3) is 5.81. The number of rotatable bonds is 8. The number of hydrogen-bond donors (Lipinski definition) is 1. The molecule has 0 spiro atoms. The number of carboxylic acid groups (broad SMARTS) is 1. The maximum absolute atomic E-state index is 13.4. The van der Waals surface area contributed by atoms with Crippen molar-refractivity contribution < 1.29 is 27.8 Å². The third-order valence-corrected chi connectivity index (χ3v) is 8.59. The molecule has 8 nitrogen and oxygen atoms in total. The Hall–Kier alpha value is -3.11. The van der Waals surface area contributed by atoms with Crippen molar-refractivity contribution in [3.63, 3.8) is 0 Å². The van der Waals surface area contributed by atoms with Crippen molar-refractivity contribution in [1.82, 2.24) is 4.98 Å². The summed E-state index contributed by atoms with van der Waals surface area (Å²) in [7, 11) is -4.26. The van der Waals surface area contributed by atoms with Crippen LogP contribution in [0.5, 0.6) is 5.75 Å². The summed E-state index contributed by atoms with van der Waals surface area (Å²) in [6, 6.07) is 12.8. The summed E-state index contributed by atoms with van der Waals surface area (Å²) in [6.45, 7) is 0.534. The lowest BCUT2D eigenvalue weighted by Gasteiger charge is -2.25. The molecule has 2 aliphatic rings. The van der Waals surface area contributed by atoms with Crippen LogP contribution in [0.25, 0.3) is 6.08 Å². The van der Waals surface area contributed by atoms with Crippen molar-refractivity contribution in [1.29, 1.82) is 0 Å². The van der Waals surface area contributed by atoms with Crippen LogP contribution in [0.4, 0.5) is 5.69 Å². The van der Waals surface area contributed by atoms with Crippen molar-refractivity contribution in [2.24, 2.45) is 0 Å². The number of nitrogens with zero attached hydrogens (tertiary/aromatic N) is 2. The molecule has 1 aliphatic heterocycles. The lowest BCUT2D eigenvalue weighted by Crippen LogP contribution is -2.35. The van der Waals surface area contributed by atoms with Gasteiger partial charge in [-0.25, -0.2) is 8.42 Å². The topological polar surface area (TPSA) is 106 Å². The zero-order chi connectivity index (χ0) is 26.9. The molecule has 1 fully saturated rings. The number of ether oxygens (including phenoxy) is 2. The Balaban J connectivity index is 1.38. The van der Waals surface area contributed by atoms with Gasteiger partial charge in [-0.2, -0.15) is 0 Å². The van der Waals surface area contributed by atoms with Gasteiger partial charge < -0.3 is 14.6 Å². The molecular formula is C27H24Cl2N2O6S. The van der Waals surface area contributed by atoms with Gasteiger partial charge in [0.25, 0.3) is 10.0 Å². The van der Waals surface area contributed by atoms with Crippen LogP contribution in [0.3, 0.4) is 0 Å². The molecule has 1 aromatic heterocycles. The minimum absolute atomic E-state index is 0.0321. The van der Waals surface area contributed by atoms with Crippen LogP contribution in [-0.4, -0.2) is 50.3 Å². The molecule has 0 amide bonds. The predicted octanol–water partition coefficient (Wildman–Crippen LogP) is 5.19. The lowest BCUT2D eigenvalue weighted by molar-refractivity contribution is -0.135. The molecule has 198 valence electrons. The van der Waals surface area contributed by atoms with E-state index in [0.29, 0.717) is 25.4 Å². The summed E-state index contributed by atoms with van der Waals surface area (Å²) in [5.74, 6) is -0.562. The fourth-order valence-electron chi connectivity index (χ4n) is 4.53. The number of carbonyl (C=O) groups is 1. The molecule has 0 bridgehead atoms. The molecule has 1 aliphatic carbocycles.